The molecule has 0 aliphatic rings. The lowest BCUT2D eigenvalue weighted by molar-refractivity contribution is 0.668. The molecule has 2 aromatic heterocycles. The van der Waals surface area contributed by atoms with E-state index in [-0.39, 0.29) is 0 Å². The van der Waals surface area contributed by atoms with E-state index < -0.39 is 0 Å². The van der Waals surface area contributed by atoms with Crippen molar-refractivity contribution in [1.29, 1.82) is 0 Å². The molecule has 248 valence electrons. The second-order valence-corrected chi connectivity index (χ2v) is 13.7. The van der Waals surface area contributed by atoms with Gasteiger partial charge in [-0.1, -0.05) is 121 Å². The van der Waals surface area contributed by atoms with E-state index in [0.717, 1.165) is 77.6 Å². The van der Waals surface area contributed by atoms with Gasteiger partial charge in [0.2, 0.25) is 0 Å². The highest BCUT2D eigenvalue weighted by Crippen LogP contribution is 2.45. The predicted octanol–water partition coefficient (Wildman–Crippen LogP) is 14.6. The maximum Gasteiger partial charge on any atom is 0.137 e. The Morgan fingerprint density at radius 3 is 1.79 bits per heavy atom. The number of hydrogen-bond acceptors (Lipinski definition) is 3. The van der Waals surface area contributed by atoms with Crippen LogP contribution in [0.1, 0.15) is 0 Å². The first-order valence-corrected chi connectivity index (χ1v) is 18.0. The van der Waals surface area contributed by atoms with Crippen LogP contribution in [0, 0.1) is 0 Å². The van der Waals surface area contributed by atoms with Crippen molar-refractivity contribution in [2.24, 2.45) is 0 Å². The van der Waals surface area contributed by atoms with Crippen LogP contribution in [-0.4, -0.2) is 0 Å². The summed E-state index contributed by atoms with van der Waals surface area (Å²) in [4.78, 5) is 2.37. The molecule has 0 amide bonds. The zero-order valence-corrected chi connectivity index (χ0v) is 28.7. The largest absolute Gasteiger partial charge is 0.456 e. The summed E-state index contributed by atoms with van der Waals surface area (Å²) in [7, 11) is 0. The molecule has 0 aliphatic heterocycles. The minimum absolute atomic E-state index is 0.864. The first-order valence-electron chi connectivity index (χ1n) is 18.0. The van der Waals surface area contributed by atoms with Crippen LogP contribution in [0.3, 0.4) is 0 Å². The number of anilines is 3. The molecule has 11 rings (SSSR count). The van der Waals surface area contributed by atoms with Crippen LogP contribution in [0.25, 0.3) is 87.7 Å². The summed E-state index contributed by atoms with van der Waals surface area (Å²) in [5.74, 6) is 0. The SMILES string of the molecule is c1cc(-c2cc3ccccc3c3ccccc23)cc(N(c2ccc(-c3ccc4oc5ccccc5c4c3)cc2)c2cccc3oc4ccccc4c23)c1. The first kappa shape index (κ1) is 29.6. The molecule has 0 unspecified atom stereocenters. The van der Waals surface area contributed by atoms with Crippen molar-refractivity contribution in [3.63, 3.8) is 0 Å². The van der Waals surface area contributed by atoms with Gasteiger partial charge in [-0.3, -0.25) is 0 Å². The average molecular weight is 678 g/mol. The number of benzene rings is 9. The fourth-order valence-corrected chi connectivity index (χ4v) is 8.18. The van der Waals surface area contributed by atoms with E-state index in [1.165, 1.54) is 27.1 Å². The smallest absolute Gasteiger partial charge is 0.137 e. The van der Waals surface area contributed by atoms with Crippen LogP contribution in [0.15, 0.2) is 197 Å². The molecule has 0 saturated heterocycles. The number of para-hydroxylation sites is 2. The average Bonchev–Trinajstić information content (AvgIpc) is 3.80. The van der Waals surface area contributed by atoms with E-state index in [0.29, 0.717) is 0 Å². The highest BCUT2D eigenvalue weighted by Gasteiger charge is 2.20. The fourth-order valence-electron chi connectivity index (χ4n) is 8.18. The van der Waals surface area contributed by atoms with Crippen molar-refractivity contribution in [2.75, 3.05) is 4.90 Å². The zero-order valence-electron chi connectivity index (χ0n) is 28.7. The Balaban J connectivity index is 1.10. The fraction of sp³-hybridized carbons (Fsp3) is 0. The molecule has 0 atom stereocenters. The van der Waals surface area contributed by atoms with E-state index in [1.54, 1.807) is 0 Å². The van der Waals surface area contributed by atoms with Crippen LogP contribution in [0.2, 0.25) is 0 Å². The van der Waals surface area contributed by atoms with Gasteiger partial charge in [0.05, 0.1) is 11.1 Å². The maximum absolute atomic E-state index is 6.40. The third-order valence-electron chi connectivity index (χ3n) is 10.6. The molecular weight excluding hydrogens is 647 g/mol. The Bertz CT molecular complexity index is 3180. The molecule has 0 fully saturated rings. The van der Waals surface area contributed by atoms with Gasteiger partial charge in [-0.2, -0.15) is 0 Å². The van der Waals surface area contributed by atoms with Crippen molar-refractivity contribution >= 4 is 82.5 Å². The van der Waals surface area contributed by atoms with Gasteiger partial charge in [-0.25, -0.2) is 0 Å². The van der Waals surface area contributed by atoms with Gasteiger partial charge in [-0.15, -0.1) is 0 Å². The highest BCUT2D eigenvalue weighted by atomic mass is 16.3. The maximum atomic E-state index is 6.40. The number of rotatable bonds is 5. The third-order valence-corrected chi connectivity index (χ3v) is 10.6. The minimum atomic E-state index is 0.864. The molecule has 11 aromatic rings. The molecule has 0 spiro atoms. The predicted molar refractivity (Wildman–Crippen MR) is 222 cm³/mol. The second-order valence-electron chi connectivity index (χ2n) is 13.7. The van der Waals surface area contributed by atoms with Crippen LogP contribution in [-0.2, 0) is 0 Å². The lowest BCUT2D eigenvalue weighted by Crippen LogP contribution is -2.10. The van der Waals surface area contributed by atoms with Gasteiger partial charge in [0.25, 0.3) is 0 Å². The van der Waals surface area contributed by atoms with Crippen LogP contribution >= 0.6 is 0 Å². The summed E-state index contributed by atoms with van der Waals surface area (Å²) in [5.41, 5.74) is 11.4. The van der Waals surface area contributed by atoms with E-state index >= 15 is 0 Å². The van der Waals surface area contributed by atoms with Crippen LogP contribution in [0.5, 0.6) is 0 Å². The number of nitrogens with zero attached hydrogens (tertiary/aromatic N) is 1. The van der Waals surface area contributed by atoms with Crippen molar-refractivity contribution < 1.29 is 8.83 Å². The van der Waals surface area contributed by atoms with E-state index in [1.807, 2.05) is 24.3 Å². The topological polar surface area (TPSA) is 29.5 Å². The summed E-state index contributed by atoms with van der Waals surface area (Å²) in [6.45, 7) is 0. The van der Waals surface area contributed by atoms with E-state index in [4.69, 9.17) is 8.83 Å². The highest BCUT2D eigenvalue weighted by molar-refractivity contribution is 6.15. The van der Waals surface area contributed by atoms with Gasteiger partial charge in [0.1, 0.15) is 22.3 Å². The number of hydrogen-bond donors (Lipinski definition) is 0. The Labute approximate surface area is 305 Å². The number of fused-ring (bicyclic) bond motifs is 9. The van der Waals surface area contributed by atoms with Gasteiger partial charge < -0.3 is 13.7 Å². The normalized spacial score (nSPS) is 11.8. The van der Waals surface area contributed by atoms with Crippen molar-refractivity contribution in [2.45, 2.75) is 0 Å². The summed E-state index contributed by atoms with van der Waals surface area (Å²) in [6, 6.07) is 66.9. The summed E-state index contributed by atoms with van der Waals surface area (Å²) < 4.78 is 12.5. The lowest BCUT2D eigenvalue weighted by atomic mass is 9.93. The zero-order chi connectivity index (χ0) is 34.9. The molecule has 3 nitrogen and oxygen atoms in total. The Kier molecular flexibility index (Phi) is 6.55. The molecule has 0 bridgehead atoms. The monoisotopic (exact) mass is 677 g/mol. The molecular formula is C50H31NO2. The molecule has 0 saturated carbocycles. The van der Waals surface area contributed by atoms with Crippen LogP contribution < -0.4 is 4.90 Å². The van der Waals surface area contributed by atoms with Gasteiger partial charge >= 0.3 is 0 Å². The quantitative estimate of drug-likeness (QED) is 0.170. The summed E-state index contributed by atoms with van der Waals surface area (Å²) in [5, 5.41) is 9.44. The third kappa shape index (κ3) is 4.75. The summed E-state index contributed by atoms with van der Waals surface area (Å²) in [6.07, 6.45) is 0. The van der Waals surface area contributed by atoms with Gasteiger partial charge in [-0.05, 0) is 111 Å². The molecule has 3 heteroatoms. The standard InChI is InChI=1S/C50H31NO2/c1-2-14-38-35(11-1)31-43(40-16-4-3-15-39(38)40)34-12-9-13-37(29-34)51(45-19-10-22-49-50(45)42-18-6-8-21-47(42)53-49)36-26-23-32(24-27-36)33-25-28-48-44(30-33)41-17-5-7-20-46(41)52-48/h1-31H. The molecule has 53 heavy (non-hydrogen) atoms. The minimum Gasteiger partial charge on any atom is -0.456 e. The molecule has 0 N–H and O–H groups in total. The van der Waals surface area contributed by atoms with Crippen molar-refractivity contribution in [3.05, 3.63) is 188 Å². The number of furan rings is 2. The first-order chi connectivity index (χ1) is 26.3. The van der Waals surface area contributed by atoms with Gasteiger partial charge in [0, 0.05) is 27.5 Å². The second kappa shape index (κ2) is 11.7. The van der Waals surface area contributed by atoms with Crippen molar-refractivity contribution in [1.82, 2.24) is 0 Å². The Morgan fingerprint density at radius 2 is 0.943 bits per heavy atom. The van der Waals surface area contributed by atoms with E-state index in [2.05, 4.69) is 169 Å². The van der Waals surface area contributed by atoms with Gasteiger partial charge in [0.15, 0.2) is 0 Å². The van der Waals surface area contributed by atoms with Crippen molar-refractivity contribution in [3.8, 4) is 22.3 Å². The Morgan fingerprint density at radius 1 is 0.321 bits per heavy atom. The molecule has 2 heterocycles. The summed E-state index contributed by atoms with van der Waals surface area (Å²) >= 11 is 0. The van der Waals surface area contributed by atoms with E-state index in [9.17, 15) is 0 Å². The molecule has 0 aliphatic carbocycles. The van der Waals surface area contributed by atoms with Crippen LogP contribution in [0.4, 0.5) is 17.1 Å². The Hall–Kier alpha value is -7.10. The molecule has 0 radical (unpaired) electrons. The lowest BCUT2D eigenvalue weighted by Gasteiger charge is -2.27. The molecule has 9 aromatic carbocycles.